The lowest BCUT2D eigenvalue weighted by Gasteiger charge is -2.36. The quantitative estimate of drug-likeness (QED) is 0.815. The number of carbonyl (C=O) groups excluding carboxylic acids is 2. The summed E-state index contributed by atoms with van der Waals surface area (Å²) in [5, 5.41) is 2.80. The molecule has 1 aliphatic heterocycles. The monoisotopic (exact) mass is 349 g/mol. The zero-order valence-corrected chi connectivity index (χ0v) is 15.6. The van der Waals surface area contributed by atoms with Crippen molar-refractivity contribution in [1.82, 2.24) is 9.80 Å². The highest BCUT2D eigenvalue weighted by Gasteiger charge is 2.40. The minimum absolute atomic E-state index is 0.162. The number of nitrogens with one attached hydrogen (secondary N) is 1. The fourth-order valence-electron chi connectivity index (χ4n) is 2.68. The minimum Gasteiger partial charge on any atom is -0.497 e. The van der Waals surface area contributed by atoms with Gasteiger partial charge in [0.1, 0.15) is 16.9 Å². The van der Waals surface area contributed by atoms with E-state index in [1.807, 2.05) is 7.05 Å². The van der Waals surface area contributed by atoms with Crippen LogP contribution in [0.25, 0.3) is 0 Å². The van der Waals surface area contributed by atoms with E-state index < -0.39 is 5.41 Å². The van der Waals surface area contributed by atoms with Gasteiger partial charge in [0.15, 0.2) is 0 Å². The average Bonchev–Trinajstić information content (AvgIpc) is 2.61. The number of ether oxygens (including phenoxy) is 2. The highest BCUT2D eigenvalue weighted by molar-refractivity contribution is 6.10. The van der Waals surface area contributed by atoms with Crippen LogP contribution in [0.15, 0.2) is 18.2 Å². The van der Waals surface area contributed by atoms with Gasteiger partial charge in [-0.25, -0.2) is 0 Å². The number of carbonyl (C=O) groups is 2. The van der Waals surface area contributed by atoms with Crippen molar-refractivity contribution in [2.75, 3.05) is 52.8 Å². The fraction of sp³-hybridized carbons (Fsp3) is 0.556. The first-order valence-corrected chi connectivity index (χ1v) is 8.31. The van der Waals surface area contributed by atoms with E-state index in [0.717, 1.165) is 13.1 Å². The number of methoxy groups -OCH3 is 2. The van der Waals surface area contributed by atoms with Crippen molar-refractivity contribution in [1.29, 1.82) is 0 Å². The number of anilines is 1. The Morgan fingerprint density at radius 2 is 1.72 bits per heavy atom. The maximum Gasteiger partial charge on any atom is 0.239 e. The van der Waals surface area contributed by atoms with E-state index in [2.05, 4.69) is 10.2 Å². The molecule has 1 saturated heterocycles. The van der Waals surface area contributed by atoms with Gasteiger partial charge >= 0.3 is 0 Å². The predicted octanol–water partition coefficient (Wildman–Crippen LogP) is 1.44. The molecule has 1 aromatic carbocycles. The van der Waals surface area contributed by atoms with Gasteiger partial charge in [-0.2, -0.15) is 0 Å². The number of rotatable bonds is 5. The summed E-state index contributed by atoms with van der Waals surface area (Å²) in [6.07, 6.45) is 0. The zero-order chi connectivity index (χ0) is 18.6. The molecule has 0 aliphatic carbocycles. The van der Waals surface area contributed by atoms with Gasteiger partial charge in [0, 0.05) is 32.2 Å². The first-order chi connectivity index (χ1) is 11.8. The second kappa shape index (κ2) is 7.74. The van der Waals surface area contributed by atoms with E-state index in [4.69, 9.17) is 9.47 Å². The summed E-state index contributed by atoms with van der Waals surface area (Å²) in [6.45, 7) is 6.21. The molecule has 0 saturated carbocycles. The Labute approximate surface area is 148 Å². The van der Waals surface area contributed by atoms with E-state index in [0.29, 0.717) is 30.3 Å². The molecule has 0 aromatic heterocycles. The number of hydrogen-bond acceptors (Lipinski definition) is 5. The van der Waals surface area contributed by atoms with Crippen molar-refractivity contribution in [3.63, 3.8) is 0 Å². The minimum atomic E-state index is -1.17. The molecule has 0 atom stereocenters. The van der Waals surface area contributed by atoms with Gasteiger partial charge in [0.25, 0.3) is 0 Å². The normalized spacial score (nSPS) is 15.6. The van der Waals surface area contributed by atoms with Crippen LogP contribution in [0, 0.1) is 5.41 Å². The Morgan fingerprint density at radius 3 is 2.28 bits per heavy atom. The number of likely N-dealkylation sites (N-methyl/N-ethyl adjacent to an activating group) is 1. The number of benzene rings is 1. The van der Waals surface area contributed by atoms with Crippen molar-refractivity contribution < 1.29 is 19.1 Å². The Morgan fingerprint density at radius 1 is 1.08 bits per heavy atom. The third kappa shape index (κ3) is 4.22. The largest absolute Gasteiger partial charge is 0.497 e. The van der Waals surface area contributed by atoms with Crippen LogP contribution in [0.2, 0.25) is 0 Å². The van der Waals surface area contributed by atoms with Crippen molar-refractivity contribution in [2.45, 2.75) is 13.8 Å². The molecular formula is C18H27N3O4. The summed E-state index contributed by atoms with van der Waals surface area (Å²) in [5.41, 5.74) is -0.659. The van der Waals surface area contributed by atoms with Gasteiger partial charge in [-0.05, 0) is 33.0 Å². The van der Waals surface area contributed by atoms with Gasteiger partial charge in [-0.15, -0.1) is 0 Å². The smallest absolute Gasteiger partial charge is 0.239 e. The molecule has 0 unspecified atom stereocenters. The lowest BCUT2D eigenvalue weighted by atomic mass is 9.89. The molecule has 1 fully saturated rings. The second-order valence-corrected chi connectivity index (χ2v) is 6.74. The Kier molecular flexibility index (Phi) is 5.89. The van der Waals surface area contributed by atoms with E-state index >= 15 is 0 Å². The van der Waals surface area contributed by atoms with Crippen LogP contribution in [0.4, 0.5) is 5.69 Å². The molecule has 138 valence electrons. The van der Waals surface area contributed by atoms with Crippen molar-refractivity contribution >= 4 is 17.5 Å². The van der Waals surface area contributed by atoms with Crippen LogP contribution in [-0.2, 0) is 9.59 Å². The molecule has 2 amide bonds. The van der Waals surface area contributed by atoms with E-state index in [-0.39, 0.29) is 11.8 Å². The average molecular weight is 349 g/mol. The lowest BCUT2D eigenvalue weighted by Crippen LogP contribution is -2.53. The number of hydrogen-bond donors (Lipinski definition) is 1. The molecule has 0 spiro atoms. The maximum atomic E-state index is 12.8. The van der Waals surface area contributed by atoms with Crippen LogP contribution in [0.5, 0.6) is 11.5 Å². The Bertz CT molecular complexity index is 637. The van der Waals surface area contributed by atoms with Gasteiger partial charge in [0.05, 0.1) is 19.9 Å². The second-order valence-electron chi connectivity index (χ2n) is 6.74. The fourth-order valence-corrected chi connectivity index (χ4v) is 2.68. The standard InChI is InChI=1S/C18H27N3O4/c1-18(2,17(23)21-10-8-20(3)9-11-21)16(22)19-14-7-6-13(24-4)12-15(14)25-5/h6-7,12H,8-11H2,1-5H3,(H,19,22). The molecule has 0 radical (unpaired) electrons. The van der Waals surface area contributed by atoms with E-state index in [9.17, 15) is 9.59 Å². The molecule has 2 rings (SSSR count). The molecule has 1 aromatic rings. The number of piperazine rings is 1. The van der Waals surface area contributed by atoms with Crippen LogP contribution >= 0.6 is 0 Å². The highest BCUT2D eigenvalue weighted by Crippen LogP contribution is 2.31. The summed E-state index contributed by atoms with van der Waals surface area (Å²) in [7, 11) is 5.10. The summed E-state index contributed by atoms with van der Waals surface area (Å²) >= 11 is 0. The molecule has 1 N–H and O–H groups in total. The van der Waals surface area contributed by atoms with Crippen LogP contribution in [0.1, 0.15) is 13.8 Å². The van der Waals surface area contributed by atoms with Gasteiger partial charge in [-0.1, -0.05) is 0 Å². The molecular weight excluding hydrogens is 322 g/mol. The molecule has 0 bridgehead atoms. The van der Waals surface area contributed by atoms with Gasteiger partial charge in [-0.3, -0.25) is 9.59 Å². The molecule has 1 aliphatic rings. The SMILES string of the molecule is COc1ccc(NC(=O)C(C)(C)C(=O)N2CCN(C)CC2)c(OC)c1. The van der Waals surface area contributed by atoms with Crippen LogP contribution in [0.3, 0.4) is 0 Å². The van der Waals surface area contributed by atoms with Gasteiger partial charge in [0.2, 0.25) is 11.8 Å². The maximum absolute atomic E-state index is 12.8. The van der Waals surface area contributed by atoms with Crippen molar-refractivity contribution in [3.8, 4) is 11.5 Å². The summed E-state index contributed by atoms with van der Waals surface area (Å²) in [4.78, 5) is 29.5. The Balaban J connectivity index is 2.12. The first-order valence-electron chi connectivity index (χ1n) is 8.31. The molecule has 7 nitrogen and oxygen atoms in total. The van der Waals surface area contributed by atoms with E-state index in [1.54, 1.807) is 44.1 Å². The summed E-state index contributed by atoms with van der Waals surface area (Å²) in [5.74, 6) is 0.587. The number of amides is 2. The third-order valence-corrected chi connectivity index (χ3v) is 4.55. The summed E-state index contributed by atoms with van der Waals surface area (Å²) in [6, 6.07) is 5.12. The topological polar surface area (TPSA) is 71.1 Å². The Hall–Kier alpha value is -2.28. The molecule has 25 heavy (non-hydrogen) atoms. The number of nitrogens with zero attached hydrogens (tertiary/aromatic N) is 2. The van der Waals surface area contributed by atoms with Crippen LogP contribution in [-0.4, -0.2) is 69.1 Å². The van der Waals surface area contributed by atoms with E-state index in [1.165, 1.54) is 7.11 Å². The molecule has 1 heterocycles. The zero-order valence-electron chi connectivity index (χ0n) is 15.6. The van der Waals surface area contributed by atoms with Crippen LogP contribution < -0.4 is 14.8 Å². The van der Waals surface area contributed by atoms with Crippen molar-refractivity contribution in [3.05, 3.63) is 18.2 Å². The third-order valence-electron chi connectivity index (χ3n) is 4.55. The lowest BCUT2D eigenvalue weighted by molar-refractivity contribution is -0.147. The summed E-state index contributed by atoms with van der Waals surface area (Å²) < 4.78 is 10.4. The predicted molar refractivity (Wildman–Crippen MR) is 96.0 cm³/mol. The first kappa shape index (κ1) is 19.1. The van der Waals surface area contributed by atoms with Crippen molar-refractivity contribution in [2.24, 2.45) is 5.41 Å². The molecule has 7 heteroatoms. The van der Waals surface area contributed by atoms with Gasteiger partial charge < -0.3 is 24.6 Å². The highest BCUT2D eigenvalue weighted by atomic mass is 16.5.